The minimum Gasteiger partial charge on any atom is -0.287 e. The predicted octanol–water partition coefficient (Wildman–Crippen LogP) is 4.00. The first-order chi connectivity index (χ1) is 7.95. The fraction of sp³-hybridized carbons (Fsp3) is 0.636. The molecule has 0 aliphatic carbocycles. The maximum absolute atomic E-state index is 14.2. The third-order valence-electron chi connectivity index (χ3n) is 1.75. The van der Waals surface area contributed by atoms with Gasteiger partial charge < -0.3 is 0 Å². The molecule has 0 aliphatic heterocycles. The smallest absolute Gasteiger partial charge is 0.287 e. The van der Waals surface area contributed by atoms with E-state index in [-0.39, 0.29) is 26.1 Å². The molecule has 17 heavy (non-hydrogen) atoms. The number of hydrogen-bond acceptors (Lipinski definition) is 4. The van der Waals surface area contributed by atoms with Gasteiger partial charge in [0.25, 0.3) is 0 Å². The van der Waals surface area contributed by atoms with Crippen LogP contribution in [0.2, 0.25) is 0 Å². The molecule has 0 aromatic heterocycles. The van der Waals surface area contributed by atoms with E-state index in [9.17, 15) is 8.96 Å². The van der Waals surface area contributed by atoms with Gasteiger partial charge >= 0.3 is 7.82 Å². The molecule has 0 N–H and O–H groups in total. The molecule has 0 amide bonds. The number of hydrogen-bond donors (Lipinski definition) is 0. The van der Waals surface area contributed by atoms with Crippen LogP contribution in [0.1, 0.15) is 26.7 Å². The minimum atomic E-state index is -3.87. The first kappa shape index (κ1) is 16.5. The quantitative estimate of drug-likeness (QED) is 0.443. The second-order valence-electron chi connectivity index (χ2n) is 3.24. The van der Waals surface area contributed by atoms with Crippen LogP contribution in [0, 0.1) is 0 Å². The summed E-state index contributed by atoms with van der Waals surface area (Å²) in [6.07, 6.45) is 2.43. The van der Waals surface area contributed by atoms with Crippen molar-refractivity contribution in [2.75, 3.05) is 13.2 Å². The van der Waals surface area contributed by atoms with E-state index < -0.39 is 13.7 Å². The zero-order valence-corrected chi connectivity index (χ0v) is 11.2. The average Bonchev–Trinajstić information content (AvgIpc) is 2.17. The Morgan fingerprint density at radius 2 is 1.59 bits per heavy atom. The molecule has 0 radical (unpaired) electrons. The summed E-state index contributed by atoms with van der Waals surface area (Å²) in [5, 5.41) is 0. The first-order valence-electron chi connectivity index (χ1n) is 5.46. The van der Waals surface area contributed by atoms with Crippen molar-refractivity contribution in [3.8, 4) is 0 Å². The first-order valence-corrected chi connectivity index (χ1v) is 6.92. The third-order valence-corrected chi connectivity index (χ3v) is 3.45. The highest BCUT2D eigenvalue weighted by Gasteiger charge is 2.39. The topological polar surface area (TPSA) is 44.8 Å². The lowest BCUT2D eigenvalue weighted by Gasteiger charge is -2.27. The Kier molecular flexibility index (Phi) is 7.55. The Labute approximate surface area is 102 Å². The van der Waals surface area contributed by atoms with Crippen LogP contribution >= 0.6 is 7.82 Å². The van der Waals surface area contributed by atoms with Gasteiger partial charge in [-0.3, -0.25) is 9.05 Å². The lowest BCUT2D eigenvalue weighted by molar-refractivity contribution is -0.0831. The summed E-state index contributed by atoms with van der Waals surface area (Å²) in [5.74, 6) is -2.16. The Balaban J connectivity index is 4.83. The summed E-state index contributed by atoms with van der Waals surface area (Å²) in [6, 6.07) is 0. The van der Waals surface area contributed by atoms with Crippen molar-refractivity contribution in [3.05, 3.63) is 25.3 Å². The van der Waals surface area contributed by atoms with Crippen molar-refractivity contribution in [1.29, 1.82) is 0 Å². The van der Waals surface area contributed by atoms with E-state index in [0.717, 1.165) is 0 Å². The maximum atomic E-state index is 14.2. The highest BCUT2D eigenvalue weighted by molar-refractivity contribution is 7.48. The lowest BCUT2D eigenvalue weighted by atomic mass is 10.1. The van der Waals surface area contributed by atoms with Crippen molar-refractivity contribution in [3.63, 3.8) is 0 Å². The number of phosphoric ester groups is 1. The van der Waals surface area contributed by atoms with Crippen LogP contribution in [0.5, 0.6) is 0 Å². The number of alkyl halides is 1. The number of halogens is 1. The van der Waals surface area contributed by atoms with Gasteiger partial charge in [0, 0.05) is 12.8 Å². The number of rotatable bonds is 10. The van der Waals surface area contributed by atoms with Crippen LogP contribution in [0.15, 0.2) is 25.3 Å². The fourth-order valence-corrected chi connectivity index (χ4v) is 2.56. The molecular weight excluding hydrogens is 246 g/mol. The summed E-state index contributed by atoms with van der Waals surface area (Å²) in [7, 11) is -3.87. The molecule has 0 spiro atoms. The molecule has 0 fully saturated rings. The van der Waals surface area contributed by atoms with Crippen molar-refractivity contribution >= 4 is 7.82 Å². The Morgan fingerprint density at radius 1 is 1.18 bits per heavy atom. The normalized spacial score (nSPS) is 12.4. The van der Waals surface area contributed by atoms with E-state index in [0.29, 0.717) is 0 Å². The summed E-state index contributed by atoms with van der Waals surface area (Å²) >= 11 is 0. The Bertz CT molecular complexity index is 273. The lowest BCUT2D eigenvalue weighted by Crippen LogP contribution is -2.25. The van der Waals surface area contributed by atoms with Gasteiger partial charge in [0.2, 0.25) is 5.85 Å². The van der Waals surface area contributed by atoms with Crippen LogP contribution in [-0.2, 0) is 18.1 Å². The highest BCUT2D eigenvalue weighted by atomic mass is 31.2. The van der Waals surface area contributed by atoms with Crippen molar-refractivity contribution in [1.82, 2.24) is 0 Å². The zero-order valence-electron chi connectivity index (χ0n) is 10.4. The summed E-state index contributed by atoms with van der Waals surface area (Å²) < 4.78 is 40.9. The molecule has 0 aromatic rings. The van der Waals surface area contributed by atoms with E-state index in [1.54, 1.807) is 13.8 Å². The van der Waals surface area contributed by atoms with Gasteiger partial charge in [-0.05, 0) is 13.8 Å². The molecule has 0 saturated carbocycles. The van der Waals surface area contributed by atoms with Gasteiger partial charge in [-0.25, -0.2) is 13.5 Å². The molecule has 6 heteroatoms. The molecule has 4 nitrogen and oxygen atoms in total. The van der Waals surface area contributed by atoms with Crippen LogP contribution in [0.25, 0.3) is 0 Å². The van der Waals surface area contributed by atoms with E-state index >= 15 is 0 Å². The van der Waals surface area contributed by atoms with E-state index in [1.165, 1.54) is 12.2 Å². The summed E-state index contributed by atoms with van der Waals surface area (Å²) in [6.45, 7) is 10.3. The van der Waals surface area contributed by atoms with Gasteiger partial charge in [0.1, 0.15) is 0 Å². The summed E-state index contributed by atoms with van der Waals surface area (Å²) in [4.78, 5) is 0. The minimum absolute atomic E-state index is 0.107. The molecule has 0 unspecified atom stereocenters. The van der Waals surface area contributed by atoms with E-state index in [2.05, 4.69) is 13.2 Å². The van der Waals surface area contributed by atoms with E-state index in [4.69, 9.17) is 13.6 Å². The second kappa shape index (κ2) is 7.77. The van der Waals surface area contributed by atoms with Crippen molar-refractivity contribution in [2.45, 2.75) is 32.5 Å². The standard InChI is InChI=1S/C11H20FO4P/c1-5-9-11(12,10-6-2)16-17(13,14-7-3)15-8-4/h5-6H,1-2,7-10H2,3-4H3. The summed E-state index contributed by atoms with van der Waals surface area (Å²) in [5.41, 5.74) is 0. The third kappa shape index (κ3) is 6.13. The maximum Gasteiger partial charge on any atom is 0.477 e. The molecular formula is C11H20FO4P. The molecule has 100 valence electrons. The Morgan fingerprint density at radius 3 is 1.88 bits per heavy atom. The van der Waals surface area contributed by atoms with Gasteiger partial charge in [0.15, 0.2) is 0 Å². The van der Waals surface area contributed by atoms with Crippen LogP contribution in [0.4, 0.5) is 4.39 Å². The second-order valence-corrected chi connectivity index (χ2v) is 4.84. The molecule has 0 bridgehead atoms. The van der Waals surface area contributed by atoms with Gasteiger partial charge in [-0.15, -0.1) is 13.2 Å². The largest absolute Gasteiger partial charge is 0.477 e. The van der Waals surface area contributed by atoms with Gasteiger partial charge in [0.05, 0.1) is 13.2 Å². The van der Waals surface area contributed by atoms with Crippen molar-refractivity contribution in [2.24, 2.45) is 0 Å². The van der Waals surface area contributed by atoms with Gasteiger partial charge in [-0.1, -0.05) is 12.2 Å². The van der Waals surface area contributed by atoms with Crippen LogP contribution in [-0.4, -0.2) is 19.1 Å². The molecule has 0 saturated heterocycles. The van der Waals surface area contributed by atoms with Crippen molar-refractivity contribution < 1.29 is 22.5 Å². The van der Waals surface area contributed by atoms with E-state index in [1.807, 2.05) is 0 Å². The number of phosphoric acid groups is 1. The Hall–Kier alpha value is -0.480. The molecule has 0 atom stereocenters. The molecule has 0 aromatic carbocycles. The van der Waals surface area contributed by atoms with Gasteiger partial charge in [-0.2, -0.15) is 0 Å². The van der Waals surface area contributed by atoms with Crippen LogP contribution in [0.3, 0.4) is 0 Å². The highest BCUT2D eigenvalue weighted by Crippen LogP contribution is 2.54. The van der Waals surface area contributed by atoms with Crippen LogP contribution < -0.4 is 0 Å². The molecule has 0 rings (SSSR count). The average molecular weight is 266 g/mol. The zero-order chi connectivity index (χ0) is 13.4. The molecule has 0 heterocycles. The fourth-order valence-electron chi connectivity index (χ4n) is 1.20. The molecule has 0 aliphatic rings. The predicted molar refractivity (Wildman–Crippen MR) is 65.4 cm³/mol. The monoisotopic (exact) mass is 266 g/mol. The SMILES string of the molecule is C=CCC(F)(CC=C)OP(=O)(OCC)OCC.